The molecule has 0 aromatic heterocycles. The van der Waals surface area contributed by atoms with Gasteiger partial charge in [0.2, 0.25) is 0 Å². The number of hydrogen-bond acceptors (Lipinski definition) is 5. The Balaban J connectivity index is 2.79. The maximum atomic E-state index is 11.4. The first-order valence-electron chi connectivity index (χ1n) is 4.33. The van der Waals surface area contributed by atoms with E-state index in [9.17, 15) is 14.4 Å². The number of rotatable bonds is 4. The number of hydrogen-bond donors (Lipinski definition) is 3. The van der Waals surface area contributed by atoms with Gasteiger partial charge >= 0.3 is 0 Å². The molecule has 0 aliphatic carbocycles. The van der Waals surface area contributed by atoms with Gasteiger partial charge in [-0.25, -0.2) is 5.43 Å². The van der Waals surface area contributed by atoms with Crippen molar-refractivity contribution in [1.29, 1.82) is 0 Å². The summed E-state index contributed by atoms with van der Waals surface area (Å²) in [6.45, 7) is -0.118. The van der Waals surface area contributed by atoms with Crippen molar-refractivity contribution in [2.75, 3.05) is 13.6 Å². The molecule has 0 fully saturated rings. The first kappa shape index (κ1) is 11.3. The molecule has 1 heterocycles. The summed E-state index contributed by atoms with van der Waals surface area (Å²) in [7, 11) is 1.50. The summed E-state index contributed by atoms with van der Waals surface area (Å²) in [5.41, 5.74) is 10.0. The Labute approximate surface area is 86.3 Å². The van der Waals surface area contributed by atoms with Crippen molar-refractivity contribution in [3.8, 4) is 0 Å². The van der Waals surface area contributed by atoms with E-state index in [1.54, 1.807) is 0 Å². The molecule has 0 aromatic rings. The molecule has 0 radical (unpaired) electrons. The van der Waals surface area contributed by atoms with Crippen molar-refractivity contribution in [2.45, 2.75) is 6.04 Å². The van der Waals surface area contributed by atoms with E-state index >= 15 is 0 Å². The molecule has 4 N–H and O–H groups in total. The second-order valence-corrected chi connectivity index (χ2v) is 2.87. The summed E-state index contributed by atoms with van der Waals surface area (Å²) in [4.78, 5) is 34.8. The van der Waals surface area contributed by atoms with Gasteiger partial charge in [-0.15, -0.1) is 0 Å². The molecule has 1 aliphatic heterocycles. The fraction of sp³-hybridized carbons (Fsp3) is 0.375. The molecule has 3 amide bonds. The molecule has 1 rings (SSSR count). The fourth-order valence-corrected chi connectivity index (χ4v) is 1.26. The quantitative estimate of drug-likeness (QED) is 0.352. The number of carbonyl (C=O) groups excluding carboxylic acids is 3. The van der Waals surface area contributed by atoms with Gasteiger partial charge in [-0.2, -0.15) is 0 Å². The average molecular weight is 212 g/mol. The van der Waals surface area contributed by atoms with Gasteiger partial charge in [0.15, 0.2) is 0 Å². The van der Waals surface area contributed by atoms with Gasteiger partial charge < -0.3 is 5.73 Å². The second-order valence-electron chi connectivity index (χ2n) is 2.87. The zero-order valence-electron chi connectivity index (χ0n) is 8.19. The van der Waals surface area contributed by atoms with E-state index in [2.05, 4.69) is 10.9 Å². The Bertz CT molecular complexity index is 308. The highest BCUT2D eigenvalue weighted by Gasteiger charge is 2.34. The van der Waals surface area contributed by atoms with E-state index in [1.807, 2.05) is 0 Å². The van der Waals surface area contributed by atoms with E-state index in [4.69, 9.17) is 5.73 Å². The molecule has 15 heavy (non-hydrogen) atoms. The maximum absolute atomic E-state index is 11.4. The number of imide groups is 1. The fourth-order valence-electron chi connectivity index (χ4n) is 1.26. The monoisotopic (exact) mass is 212 g/mol. The molecular formula is C8H12N4O3. The molecule has 0 bridgehead atoms. The van der Waals surface area contributed by atoms with Crippen molar-refractivity contribution in [1.82, 2.24) is 15.8 Å². The van der Waals surface area contributed by atoms with Crippen LogP contribution in [0.4, 0.5) is 0 Å². The largest absolute Gasteiger partial charge is 0.328 e. The molecule has 0 saturated carbocycles. The van der Waals surface area contributed by atoms with Crippen LogP contribution in [0.1, 0.15) is 0 Å². The number of nitrogens with one attached hydrogen (secondary N) is 2. The highest BCUT2D eigenvalue weighted by molar-refractivity contribution is 6.15. The van der Waals surface area contributed by atoms with Crippen LogP contribution in [0, 0.1) is 0 Å². The first-order valence-corrected chi connectivity index (χ1v) is 4.33. The normalized spacial score (nSPS) is 17.1. The summed E-state index contributed by atoms with van der Waals surface area (Å²) in [5.74, 6) is -1.58. The summed E-state index contributed by atoms with van der Waals surface area (Å²) in [5, 5.41) is 0. The molecule has 0 spiro atoms. The molecular weight excluding hydrogens is 200 g/mol. The Morgan fingerprint density at radius 2 is 2.00 bits per heavy atom. The van der Waals surface area contributed by atoms with Crippen molar-refractivity contribution in [3.63, 3.8) is 0 Å². The van der Waals surface area contributed by atoms with Gasteiger partial charge in [-0.05, 0) is 0 Å². The molecule has 0 saturated heterocycles. The van der Waals surface area contributed by atoms with E-state index in [0.29, 0.717) is 0 Å². The number of carbonyl (C=O) groups is 3. The smallest absolute Gasteiger partial charge is 0.258 e. The van der Waals surface area contributed by atoms with Crippen LogP contribution in [0.25, 0.3) is 0 Å². The minimum atomic E-state index is -0.979. The zero-order valence-corrected chi connectivity index (χ0v) is 8.19. The predicted molar refractivity (Wildman–Crippen MR) is 51.0 cm³/mol. The molecule has 0 aromatic carbocycles. The Kier molecular flexibility index (Phi) is 3.53. The topological polar surface area (TPSA) is 105 Å². The van der Waals surface area contributed by atoms with Gasteiger partial charge in [-0.1, -0.05) is 0 Å². The van der Waals surface area contributed by atoms with E-state index in [-0.39, 0.29) is 6.54 Å². The summed E-state index contributed by atoms with van der Waals surface area (Å²) in [6.07, 6.45) is 2.22. The lowest BCUT2D eigenvalue weighted by atomic mass is 10.2. The van der Waals surface area contributed by atoms with Crippen LogP contribution < -0.4 is 16.6 Å². The minimum absolute atomic E-state index is 0.118. The third kappa shape index (κ3) is 2.20. The van der Waals surface area contributed by atoms with Crippen molar-refractivity contribution >= 4 is 17.7 Å². The molecule has 1 unspecified atom stereocenters. The summed E-state index contributed by atoms with van der Waals surface area (Å²) >= 11 is 0. The van der Waals surface area contributed by atoms with Crippen LogP contribution in [-0.2, 0) is 14.4 Å². The van der Waals surface area contributed by atoms with Crippen LogP contribution in [0.3, 0.4) is 0 Å². The first-order chi connectivity index (χ1) is 7.11. The Morgan fingerprint density at radius 1 is 1.47 bits per heavy atom. The van der Waals surface area contributed by atoms with Crippen molar-refractivity contribution in [3.05, 3.63) is 12.2 Å². The summed E-state index contributed by atoms with van der Waals surface area (Å²) in [6, 6.07) is -0.979. The van der Waals surface area contributed by atoms with Gasteiger partial charge in [0.05, 0.1) is 0 Å². The number of hydrazine groups is 1. The van der Waals surface area contributed by atoms with Crippen LogP contribution >= 0.6 is 0 Å². The van der Waals surface area contributed by atoms with Crippen LogP contribution in [0.2, 0.25) is 0 Å². The predicted octanol–water partition coefficient (Wildman–Crippen LogP) is -2.51. The third-order valence-electron chi connectivity index (χ3n) is 1.93. The van der Waals surface area contributed by atoms with E-state index in [0.717, 1.165) is 17.1 Å². The SMILES string of the molecule is CNNC(=O)C(CN)N1C(=O)C=CC1=O. The average Bonchev–Trinajstić information content (AvgIpc) is 2.51. The Morgan fingerprint density at radius 3 is 2.40 bits per heavy atom. The highest BCUT2D eigenvalue weighted by Crippen LogP contribution is 2.08. The standard InChI is InChI=1S/C8H12N4O3/c1-10-11-8(15)5(4-9)12-6(13)2-3-7(12)14/h2-3,5,10H,4,9H2,1H3,(H,11,15). The Hall–Kier alpha value is -1.73. The van der Waals surface area contributed by atoms with Crippen LogP contribution in [0.15, 0.2) is 12.2 Å². The van der Waals surface area contributed by atoms with Gasteiger partial charge in [-0.3, -0.25) is 24.7 Å². The number of nitrogens with zero attached hydrogens (tertiary/aromatic N) is 1. The molecule has 7 nitrogen and oxygen atoms in total. The van der Waals surface area contributed by atoms with Gasteiger partial charge in [0.25, 0.3) is 17.7 Å². The van der Waals surface area contributed by atoms with Gasteiger partial charge in [0, 0.05) is 25.7 Å². The maximum Gasteiger partial charge on any atom is 0.258 e. The lowest BCUT2D eigenvalue weighted by molar-refractivity contribution is -0.145. The van der Waals surface area contributed by atoms with Gasteiger partial charge in [0.1, 0.15) is 6.04 Å². The second kappa shape index (κ2) is 4.67. The molecule has 1 aliphatic rings. The lowest BCUT2D eigenvalue weighted by Crippen LogP contribution is -2.55. The van der Waals surface area contributed by atoms with Crippen molar-refractivity contribution < 1.29 is 14.4 Å². The third-order valence-corrected chi connectivity index (χ3v) is 1.93. The molecule has 82 valence electrons. The van der Waals surface area contributed by atoms with Crippen LogP contribution in [0.5, 0.6) is 0 Å². The van der Waals surface area contributed by atoms with E-state index < -0.39 is 23.8 Å². The van der Waals surface area contributed by atoms with Crippen LogP contribution in [-0.4, -0.2) is 42.3 Å². The summed E-state index contributed by atoms with van der Waals surface area (Å²) < 4.78 is 0. The van der Waals surface area contributed by atoms with E-state index in [1.165, 1.54) is 7.05 Å². The lowest BCUT2D eigenvalue weighted by Gasteiger charge is -2.23. The minimum Gasteiger partial charge on any atom is -0.328 e. The van der Waals surface area contributed by atoms with Crippen molar-refractivity contribution in [2.24, 2.45) is 5.73 Å². The molecule has 1 atom stereocenters. The zero-order chi connectivity index (χ0) is 11.4. The number of amides is 3. The number of nitrogens with two attached hydrogens (primary N) is 1. The molecule has 7 heteroatoms. The highest BCUT2D eigenvalue weighted by atomic mass is 16.2.